The second kappa shape index (κ2) is 8.09. The summed E-state index contributed by atoms with van der Waals surface area (Å²) in [5.74, 6) is -0.501. The van der Waals surface area contributed by atoms with Crippen LogP contribution in [-0.2, 0) is 6.54 Å². The predicted molar refractivity (Wildman–Crippen MR) is 92.9 cm³/mol. The number of likely N-dealkylation sites (tertiary alicyclic amines) is 1. The van der Waals surface area contributed by atoms with Gasteiger partial charge in [-0.05, 0) is 38.1 Å². The second-order valence-electron chi connectivity index (χ2n) is 6.17. The molecule has 8 heteroatoms. The molecular formula is C17H22FN5O2. The number of hydrogen-bond donors (Lipinski definition) is 3. The van der Waals surface area contributed by atoms with Crippen molar-refractivity contribution < 1.29 is 14.3 Å². The van der Waals surface area contributed by atoms with Crippen molar-refractivity contribution in [3.63, 3.8) is 0 Å². The zero-order valence-corrected chi connectivity index (χ0v) is 13.9. The van der Waals surface area contributed by atoms with E-state index < -0.39 is 18.0 Å². The van der Waals surface area contributed by atoms with Crippen molar-refractivity contribution in [1.82, 2.24) is 14.7 Å². The number of anilines is 2. The van der Waals surface area contributed by atoms with Crippen LogP contribution in [0.4, 0.5) is 20.6 Å². The summed E-state index contributed by atoms with van der Waals surface area (Å²) in [4.78, 5) is 14.1. The molecule has 3 rings (SSSR count). The van der Waals surface area contributed by atoms with Gasteiger partial charge in [-0.3, -0.25) is 4.68 Å². The molecule has 2 aromatic rings. The number of nitrogens with zero attached hydrogens (tertiary/aromatic N) is 3. The molecule has 1 aromatic heterocycles. The van der Waals surface area contributed by atoms with Crippen molar-refractivity contribution in [3.8, 4) is 0 Å². The number of aromatic nitrogens is 2. The molecule has 25 heavy (non-hydrogen) atoms. The summed E-state index contributed by atoms with van der Waals surface area (Å²) in [6.45, 7) is 3.03. The molecule has 1 atom stereocenters. The Kier molecular flexibility index (Phi) is 5.62. The summed E-state index contributed by atoms with van der Waals surface area (Å²) in [6.07, 6.45) is 4.97. The minimum Gasteiger partial charge on any atom is -0.390 e. The number of β-amino-alcohol motifs (C(OH)–C–C–N with tert-alkyl or cyclic N) is 1. The van der Waals surface area contributed by atoms with Gasteiger partial charge in [0.15, 0.2) is 0 Å². The molecule has 7 nitrogen and oxygen atoms in total. The number of halogens is 1. The summed E-state index contributed by atoms with van der Waals surface area (Å²) in [5.41, 5.74) is 0.579. The summed E-state index contributed by atoms with van der Waals surface area (Å²) in [6, 6.07) is 5.39. The lowest BCUT2D eigenvalue weighted by Crippen LogP contribution is -2.32. The van der Waals surface area contributed by atoms with E-state index in [0.29, 0.717) is 18.8 Å². The lowest BCUT2D eigenvalue weighted by atomic mass is 10.3. The van der Waals surface area contributed by atoms with Crippen molar-refractivity contribution >= 4 is 17.4 Å². The normalized spacial score (nSPS) is 15.9. The molecule has 1 fully saturated rings. The maximum absolute atomic E-state index is 13.5. The first-order chi connectivity index (χ1) is 12.1. The molecule has 1 saturated heterocycles. The number of carbonyl (C=O) groups excluding carboxylic acids is 1. The standard InChI is InChI=1S/C17H22FN5O2/c18-15-5-1-2-6-16(15)21-17(25)20-13-9-19-23(10-13)12-14(24)11-22-7-3-4-8-22/h1-2,5-6,9-10,14,24H,3-4,7-8,11-12H2,(H2,20,21,25)/t14-/m1/s1. The number of aliphatic hydroxyl groups is 1. The zero-order valence-electron chi connectivity index (χ0n) is 13.9. The molecule has 2 amide bonds. The second-order valence-corrected chi connectivity index (χ2v) is 6.17. The van der Waals surface area contributed by atoms with E-state index in [-0.39, 0.29) is 5.69 Å². The summed E-state index contributed by atoms with van der Waals surface area (Å²) < 4.78 is 15.1. The Balaban J connectivity index is 1.49. The average Bonchev–Trinajstić information content (AvgIpc) is 3.22. The van der Waals surface area contributed by atoms with Crippen LogP contribution in [0.15, 0.2) is 36.7 Å². The minimum atomic E-state index is -0.553. The van der Waals surface area contributed by atoms with E-state index in [1.165, 1.54) is 31.2 Å². The van der Waals surface area contributed by atoms with Gasteiger partial charge in [-0.2, -0.15) is 5.10 Å². The van der Waals surface area contributed by atoms with Gasteiger partial charge in [-0.25, -0.2) is 9.18 Å². The van der Waals surface area contributed by atoms with Crippen LogP contribution in [0.2, 0.25) is 0 Å². The lowest BCUT2D eigenvalue weighted by molar-refractivity contribution is 0.106. The fourth-order valence-corrected chi connectivity index (χ4v) is 2.91. The quantitative estimate of drug-likeness (QED) is 0.748. The van der Waals surface area contributed by atoms with Crippen LogP contribution in [0.25, 0.3) is 0 Å². The number of nitrogens with one attached hydrogen (secondary N) is 2. The first-order valence-corrected chi connectivity index (χ1v) is 8.35. The number of rotatable bonds is 6. The Bertz CT molecular complexity index is 715. The monoisotopic (exact) mass is 347 g/mol. The van der Waals surface area contributed by atoms with Gasteiger partial charge in [-0.15, -0.1) is 0 Å². The topological polar surface area (TPSA) is 82.4 Å². The third-order valence-electron chi connectivity index (χ3n) is 4.08. The number of urea groups is 1. The highest BCUT2D eigenvalue weighted by atomic mass is 19.1. The van der Waals surface area contributed by atoms with Gasteiger partial charge in [-0.1, -0.05) is 12.1 Å². The van der Waals surface area contributed by atoms with Gasteiger partial charge in [0.2, 0.25) is 0 Å². The summed E-state index contributed by atoms with van der Waals surface area (Å²) in [5, 5.41) is 19.3. The predicted octanol–water partition coefficient (Wildman–Crippen LogP) is 2.12. The molecule has 0 spiro atoms. The third kappa shape index (κ3) is 5.01. The van der Waals surface area contributed by atoms with E-state index >= 15 is 0 Å². The van der Waals surface area contributed by atoms with E-state index in [1.807, 2.05) is 0 Å². The van der Waals surface area contributed by atoms with Crippen molar-refractivity contribution in [2.75, 3.05) is 30.3 Å². The van der Waals surface area contributed by atoms with Crippen molar-refractivity contribution in [2.45, 2.75) is 25.5 Å². The van der Waals surface area contributed by atoms with E-state index in [4.69, 9.17) is 0 Å². The Morgan fingerprint density at radius 2 is 2.00 bits per heavy atom. The summed E-state index contributed by atoms with van der Waals surface area (Å²) >= 11 is 0. The van der Waals surface area contributed by atoms with Crippen molar-refractivity contribution in [2.24, 2.45) is 0 Å². The van der Waals surface area contributed by atoms with Crippen LogP contribution in [0, 0.1) is 5.82 Å². The first kappa shape index (κ1) is 17.4. The maximum Gasteiger partial charge on any atom is 0.323 e. The fourth-order valence-electron chi connectivity index (χ4n) is 2.91. The van der Waals surface area contributed by atoms with Crippen LogP contribution >= 0.6 is 0 Å². The Labute approximate surface area is 145 Å². The molecule has 1 aliphatic rings. The van der Waals surface area contributed by atoms with Gasteiger partial charge < -0.3 is 20.6 Å². The Morgan fingerprint density at radius 3 is 2.76 bits per heavy atom. The van der Waals surface area contributed by atoms with Gasteiger partial charge in [0.1, 0.15) is 5.82 Å². The number of para-hydroxylation sites is 1. The molecule has 3 N–H and O–H groups in total. The molecule has 1 aliphatic heterocycles. The molecule has 0 saturated carbocycles. The third-order valence-corrected chi connectivity index (χ3v) is 4.08. The summed E-state index contributed by atoms with van der Waals surface area (Å²) in [7, 11) is 0. The number of amides is 2. The van der Waals surface area contributed by atoms with Crippen LogP contribution in [-0.4, -0.2) is 51.6 Å². The molecule has 0 aliphatic carbocycles. The Hall–Kier alpha value is -2.45. The first-order valence-electron chi connectivity index (χ1n) is 8.35. The van der Waals surface area contributed by atoms with Crippen LogP contribution in [0.1, 0.15) is 12.8 Å². The number of hydrogen-bond acceptors (Lipinski definition) is 4. The van der Waals surface area contributed by atoms with Gasteiger partial charge in [0, 0.05) is 12.7 Å². The van der Waals surface area contributed by atoms with Gasteiger partial charge in [0.05, 0.1) is 30.2 Å². The van der Waals surface area contributed by atoms with E-state index in [9.17, 15) is 14.3 Å². The minimum absolute atomic E-state index is 0.105. The molecule has 1 aromatic carbocycles. The molecule has 2 heterocycles. The Morgan fingerprint density at radius 1 is 1.24 bits per heavy atom. The van der Waals surface area contributed by atoms with Gasteiger partial charge >= 0.3 is 6.03 Å². The largest absolute Gasteiger partial charge is 0.390 e. The highest BCUT2D eigenvalue weighted by Gasteiger charge is 2.16. The van der Waals surface area contributed by atoms with Crippen LogP contribution < -0.4 is 10.6 Å². The highest BCUT2D eigenvalue weighted by molar-refractivity contribution is 5.99. The number of aliphatic hydroxyl groups excluding tert-OH is 1. The van der Waals surface area contributed by atoms with Crippen LogP contribution in [0.3, 0.4) is 0 Å². The molecular weight excluding hydrogens is 325 g/mol. The van der Waals surface area contributed by atoms with E-state index in [1.54, 1.807) is 23.0 Å². The average molecular weight is 347 g/mol. The zero-order chi connectivity index (χ0) is 17.6. The van der Waals surface area contributed by atoms with Crippen molar-refractivity contribution in [3.05, 3.63) is 42.5 Å². The van der Waals surface area contributed by atoms with E-state index in [0.717, 1.165) is 13.1 Å². The van der Waals surface area contributed by atoms with E-state index in [2.05, 4.69) is 20.6 Å². The fraction of sp³-hybridized carbons (Fsp3) is 0.412. The lowest BCUT2D eigenvalue weighted by Gasteiger charge is -2.19. The smallest absolute Gasteiger partial charge is 0.323 e. The molecule has 0 bridgehead atoms. The molecule has 134 valence electrons. The number of carbonyl (C=O) groups is 1. The highest BCUT2D eigenvalue weighted by Crippen LogP contribution is 2.14. The van der Waals surface area contributed by atoms with Gasteiger partial charge in [0.25, 0.3) is 0 Å². The molecule has 0 unspecified atom stereocenters. The van der Waals surface area contributed by atoms with Crippen molar-refractivity contribution in [1.29, 1.82) is 0 Å². The SMILES string of the molecule is O=C(Nc1cnn(C[C@H](O)CN2CCCC2)c1)Nc1ccccc1F. The maximum atomic E-state index is 13.5. The van der Waals surface area contributed by atoms with Crippen LogP contribution in [0.5, 0.6) is 0 Å². The molecule has 0 radical (unpaired) electrons. The number of benzene rings is 1.